The smallest absolute Gasteiger partial charge is 0.252 e. The Kier molecular flexibility index (Phi) is 3.16. The molecule has 1 amide bonds. The van der Waals surface area contributed by atoms with Crippen molar-refractivity contribution in [1.29, 1.82) is 0 Å². The van der Waals surface area contributed by atoms with Gasteiger partial charge in [-0.1, -0.05) is 13.8 Å². The van der Waals surface area contributed by atoms with E-state index in [1.54, 1.807) is 11.1 Å². The van der Waals surface area contributed by atoms with Crippen LogP contribution in [0.2, 0.25) is 0 Å². The second kappa shape index (κ2) is 4.00. The molecule has 1 aliphatic rings. The molecule has 0 aromatic carbocycles. The SMILES string of the molecule is CC(C)C1=CN(C(C)C)C(O)NC1=O. The van der Waals surface area contributed by atoms with Crippen molar-refractivity contribution in [3.05, 3.63) is 11.8 Å². The van der Waals surface area contributed by atoms with Crippen molar-refractivity contribution in [1.82, 2.24) is 10.2 Å². The summed E-state index contributed by atoms with van der Waals surface area (Å²) in [5, 5.41) is 12.1. The Morgan fingerprint density at radius 3 is 2.43 bits per heavy atom. The van der Waals surface area contributed by atoms with Crippen LogP contribution < -0.4 is 5.32 Å². The van der Waals surface area contributed by atoms with Crippen molar-refractivity contribution in [2.24, 2.45) is 5.92 Å². The molecule has 0 bridgehead atoms. The molecule has 0 aromatic rings. The molecule has 0 saturated carbocycles. The van der Waals surface area contributed by atoms with E-state index in [0.717, 1.165) is 0 Å². The van der Waals surface area contributed by atoms with E-state index in [1.165, 1.54) is 0 Å². The van der Waals surface area contributed by atoms with Crippen LogP contribution in [0, 0.1) is 5.92 Å². The number of carbonyl (C=O) groups excluding carboxylic acids is 1. The van der Waals surface area contributed by atoms with Crippen molar-refractivity contribution in [2.45, 2.75) is 40.1 Å². The highest BCUT2D eigenvalue weighted by atomic mass is 16.3. The maximum absolute atomic E-state index is 11.4. The molecule has 0 fully saturated rings. The Bertz CT molecular complexity index is 259. The number of hydrogen-bond acceptors (Lipinski definition) is 3. The molecule has 0 aliphatic carbocycles. The molecule has 0 radical (unpaired) electrons. The molecule has 1 unspecified atom stereocenters. The lowest BCUT2D eigenvalue weighted by molar-refractivity contribution is -0.127. The summed E-state index contributed by atoms with van der Waals surface area (Å²) in [5.41, 5.74) is 0.712. The molecule has 2 N–H and O–H groups in total. The predicted octanol–water partition coefficient (Wildman–Crippen LogP) is 0.642. The summed E-state index contributed by atoms with van der Waals surface area (Å²) in [5.74, 6) is -0.00634. The molecule has 0 spiro atoms. The maximum Gasteiger partial charge on any atom is 0.252 e. The van der Waals surface area contributed by atoms with Crippen LogP contribution in [0.5, 0.6) is 0 Å². The summed E-state index contributed by atoms with van der Waals surface area (Å²) in [4.78, 5) is 13.2. The van der Waals surface area contributed by atoms with E-state index >= 15 is 0 Å². The molecule has 1 atom stereocenters. The van der Waals surface area contributed by atoms with Gasteiger partial charge in [-0.05, 0) is 19.8 Å². The number of hydrogen-bond donors (Lipinski definition) is 2. The molecule has 4 nitrogen and oxygen atoms in total. The summed E-state index contributed by atoms with van der Waals surface area (Å²) in [6, 6.07) is 0.166. The van der Waals surface area contributed by atoms with Gasteiger partial charge in [-0.15, -0.1) is 0 Å². The molecule has 0 saturated heterocycles. The highest BCUT2D eigenvalue weighted by Gasteiger charge is 2.27. The van der Waals surface area contributed by atoms with Crippen LogP contribution in [0.15, 0.2) is 11.8 Å². The molecule has 1 rings (SSSR count). The Morgan fingerprint density at radius 1 is 1.43 bits per heavy atom. The zero-order valence-electron chi connectivity index (χ0n) is 9.11. The standard InChI is InChI=1S/C10H18N2O2/c1-6(2)8-5-12(7(3)4)10(14)11-9(8)13/h5-7,10,14H,1-4H3,(H,11,13). The lowest BCUT2D eigenvalue weighted by Gasteiger charge is -2.35. The number of carbonyl (C=O) groups is 1. The van der Waals surface area contributed by atoms with Gasteiger partial charge in [0, 0.05) is 17.8 Å². The van der Waals surface area contributed by atoms with Gasteiger partial charge in [0.1, 0.15) is 0 Å². The normalized spacial score (nSPS) is 22.8. The molecule has 14 heavy (non-hydrogen) atoms. The van der Waals surface area contributed by atoms with Crippen LogP contribution in [0.4, 0.5) is 0 Å². The second-order valence-electron chi connectivity index (χ2n) is 4.13. The van der Waals surface area contributed by atoms with E-state index in [0.29, 0.717) is 5.57 Å². The van der Waals surface area contributed by atoms with E-state index in [1.807, 2.05) is 27.7 Å². The fraction of sp³-hybridized carbons (Fsp3) is 0.700. The minimum Gasteiger partial charge on any atom is -0.356 e. The molecular formula is C10H18N2O2. The first-order chi connectivity index (χ1) is 6.43. The van der Waals surface area contributed by atoms with Crippen LogP contribution in [0.1, 0.15) is 27.7 Å². The van der Waals surface area contributed by atoms with Gasteiger partial charge >= 0.3 is 0 Å². The minimum atomic E-state index is -0.898. The molecular weight excluding hydrogens is 180 g/mol. The zero-order chi connectivity index (χ0) is 10.9. The first kappa shape index (κ1) is 11.0. The number of nitrogens with zero attached hydrogens (tertiary/aromatic N) is 1. The van der Waals surface area contributed by atoms with E-state index in [9.17, 15) is 9.90 Å². The van der Waals surface area contributed by atoms with Crippen LogP contribution in [-0.4, -0.2) is 28.3 Å². The highest BCUT2D eigenvalue weighted by molar-refractivity contribution is 5.94. The van der Waals surface area contributed by atoms with Crippen LogP contribution in [0.3, 0.4) is 0 Å². The third-order valence-electron chi connectivity index (χ3n) is 2.31. The van der Waals surface area contributed by atoms with Crippen LogP contribution in [-0.2, 0) is 4.79 Å². The van der Waals surface area contributed by atoms with Gasteiger partial charge in [0.25, 0.3) is 5.91 Å². The van der Waals surface area contributed by atoms with Gasteiger partial charge < -0.3 is 15.3 Å². The van der Waals surface area contributed by atoms with Crippen molar-refractivity contribution in [3.63, 3.8) is 0 Å². The van der Waals surface area contributed by atoms with Crippen molar-refractivity contribution < 1.29 is 9.90 Å². The second-order valence-corrected chi connectivity index (χ2v) is 4.13. The summed E-state index contributed by atoms with van der Waals surface area (Å²) < 4.78 is 0. The van der Waals surface area contributed by atoms with Gasteiger partial charge in [0.2, 0.25) is 6.35 Å². The van der Waals surface area contributed by atoms with Crippen LogP contribution in [0.25, 0.3) is 0 Å². The number of aliphatic hydroxyl groups excluding tert-OH is 1. The van der Waals surface area contributed by atoms with Gasteiger partial charge in [-0.2, -0.15) is 0 Å². The topological polar surface area (TPSA) is 52.6 Å². The first-order valence-corrected chi connectivity index (χ1v) is 4.91. The quantitative estimate of drug-likeness (QED) is 0.684. The molecule has 1 heterocycles. The molecule has 1 aliphatic heterocycles. The largest absolute Gasteiger partial charge is 0.356 e. The summed E-state index contributed by atoms with van der Waals surface area (Å²) in [7, 11) is 0. The third kappa shape index (κ3) is 2.07. The molecule has 0 aromatic heterocycles. The zero-order valence-corrected chi connectivity index (χ0v) is 9.11. The highest BCUT2D eigenvalue weighted by Crippen LogP contribution is 2.17. The van der Waals surface area contributed by atoms with Gasteiger partial charge in [0.05, 0.1) is 0 Å². The van der Waals surface area contributed by atoms with E-state index in [4.69, 9.17) is 0 Å². The van der Waals surface area contributed by atoms with Gasteiger partial charge in [0.15, 0.2) is 0 Å². The van der Waals surface area contributed by atoms with Crippen molar-refractivity contribution in [3.8, 4) is 0 Å². The van der Waals surface area contributed by atoms with Crippen molar-refractivity contribution in [2.75, 3.05) is 0 Å². The van der Waals surface area contributed by atoms with Gasteiger partial charge in [-0.3, -0.25) is 4.79 Å². The van der Waals surface area contributed by atoms with E-state index in [-0.39, 0.29) is 17.9 Å². The monoisotopic (exact) mass is 198 g/mol. The lowest BCUT2D eigenvalue weighted by Crippen LogP contribution is -2.53. The average Bonchev–Trinajstić information content (AvgIpc) is 2.02. The Morgan fingerprint density at radius 2 is 2.00 bits per heavy atom. The first-order valence-electron chi connectivity index (χ1n) is 4.91. The van der Waals surface area contributed by atoms with E-state index in [2.05, 4.69) is 5.32 Å². The molecule has 80 valence electrons. The minimum absolute atomic E-state index is 0.166. The van der Waals surface area contributed by atoms with E-state index < -0.39 is 6.35 Å². The maximum atomic E-state index is 11.4. The lowest BCUT2D eigenvalue weighted by atomic mass is 10.0. The van der Waals surface area contributed by atoms with Crippen molar-refractivity contribution >= 4 is 5.91 Å². The Balaban J connectivity index is 2.93. The third-order valence-corrected chi connectivity index (χ3v) is 2.31. The Hall–Kier alpha value is -1.03. The number of amides is 1. The van der Waals surface area contributed by atoms with Gasteiger partial charge in [-0.25, -0.2) is 0 Å². The Labute approximate surface area is 84.6 Å². The number of nitrogens with one attached hydrogen (secondary N) is 1. The number of rotatable bonds is 2. The van der Waals surface area contributed by atoms with Crippen LogP contribution >= 0.6 is 0 Å². The summed E-state index contributed by atoms with van der Waals surface area (Å²) in [6.07, 6.45) is 0.851. The average molecular weight is 198 g/mol. The summed E-state index contributed by atoms with van der Waals surface area (Å²) in [6.45, 7) is 7.85. The summed E-state index contributed by atoms with van der Waals surface area (Å²) >= 11 is 0. The number of aliphatic hydroxyl groups is 1. The molecule has 4 heteroatoms. The fourth-order valence-electron chi connectivity index (χ4n) is 1.41. The predicted molar refractivity (Wildman–Crippen MR) is 54.0 cm³/mol. The fourth-order valence-corrected chi connectivity index (χ4v) is 1.41.